The number of imidazole rings is 1. The van der Waals surface area contributed by atoms with Crippen molar-refractivity contribution in [2.75, 3.05) is 13.7 Å². The number of hydrogen-bond acceptors (Lipinski definition) is 4. The molecule has 0 atom stereocenters. The van der Waals surface area contributed by atoms with Gasteiger partial charge in [-0.05, 0) is 48.4 Å². The number of aryl methyl sites for hydroxylation is 1. The van der Waals surface area contributed by atoms with Gasteiger partial charge >= 0.3 is 0 Å². The molecule has 0 saturated carbocycles. The Morgan fingerprint density at radius 3 is 2.71 bits per heavy atom. The first-order valence-corrected chi connectivity index (χ1v) is 9.43. The van der Waals surface area contributed by atoms with Gasteiger partial charge in [0.25, 0.3) is 0 Å². The second-order valence-electron chi connectivity index (χ2n) is 6.36. The molecule has 3 rings (SSSR count). The zero-order valence-corrected chi connectivity index (χ0v) is 16.5. The third kappa shape index (κ3) is 5.71. The molecule has 5 nitrogen and oxygen atoms in total. The van der Waals surface area contributed by atoms with Crippen LogP contribution < -0.4 is 14.8 Å². The molecule has 0 spiro atoms. The molecule has 0 radical (unpaired) electrons. The smallest absolute Gasteiger partial charge is 0.180 e. The van der Waals surface area contributed by atoms with E-state index < -0.39 is 0 Å². The molecule has 1 N–H and O–H groups in total. The van der Waals surface area contributed by atoms with E-state index in [4.69, 9.17) is 21.1 Å². The summed E-state index contributed by atoms with van der Waals surface area (Å²) in [6.45, 7) is 2.76. The number of halogens is 2. The Balaban J connectivity index is 1.53. The Morgan fingerprint density at radius 1 is 1.18 bits per heavy atom. The third-order valence-corrected chi connectivity index (χ3v) is 4.52. The molecule has 0 fully saturated rings. The van der Waals surface area contributed by atoms with Crippen molar-refractivity contribution in [2.45, 2.75) is 26.1 Å². The van der Waals surface area contributed by atoms with Crippen LogP contribution in [0.25, 0.3) is 0 Å². The number of methoxy groups -OCH3 is 1. The van der Waals surface area contributed by atoms with Crippen LogP contribution in [0.1, 0.15) is 17.5 Å². The second kappa shape index (κ2) is 10.1. The Labute approximate surface area is 169 Å². The third-order valence-electron chi connectivity index (χ3n) is 4.24. The van der Waals surface area contributed by atoms with Crippen LogP contribution in [-0.4, -0.2) is 23.2 Å². The Morgan fingerprint density at radius 2 is 2.00 bits per heavy atom. The summed E-state index contributed by atoms with van der Waals surface area (Å²) in [5.41, 5.74) is 1.86. The number of aromatic nitrogens is 2. The van der Waals surface area contributed by atoms with E-state index in [-0.39, 0.29) is 12.4 Å². The van der Waals surface area contributed by atoms with Crippen molar-refractivity contribution in [3.8, 4) is 11.5 Å². The van der Waals surface area contributed by atoms with Gasteiger partial charge in [0.15, 0.2) is 11.5 Å². The first-order valence-electron chi connectivity index (χ1n) is 9.06. The fourth-order valence-corrected chi connectivity index (χ4v) is 3.08. The Bertz CT molecular complexity index is 870. The number of hydrogen-bond donors (Lipinski definition) is 1. The van der Waals surface area contributed by atoms with Crippen molar-refractivity contribution in [3.05, 3.63) is 77.1 Å². The molecule has 7 heteroatoms. The molecule has 0 bridgehead atoms. The largest absolute Gasteiger partial charge is 0.493 e. The molecule has 0 aliphatic carbocycles. The van der Waals surface area contributed by atoms with Gasteiger partial charge in [-0.3, -0.25) is 0 Å². The Hall–Kier alpha value is -2.57. The van der Waals surface area contributed by atoms with Crippen LogP contribution in [0.15, 0.2) is 55.1 Å². The van der Waals surface area contributed by atoms with E-state index in [9.17, 15) is 4.39 Å². The molecular formula is C21H23ClFN3O2. The maximum absolute atomic E-state index is 13.0. The summed E-state index contributed by atoms with van der Waals surface area (Å²) in [5, 5.41) is 3.88. The van der Waals surface area contributed by atoms with Crippen LogP contribution in [-0.2, 0) is 19.7 Å². The number of rotatable bonds is 10. The van der Waals surface area contributed by atoms with E-state index in [1.165, 1.54) is 12.1 Å². The molecule has 0 aliphatic rings. The molecule has 1 aromatic heterocycles. The molecule has 0 aliphatic heterocycles. The Kier molecular flexibility index (Phi) is 7.28. The lowest BCUT2D eigenvalue weighted by Gasteiger charge is -2.15. The van der Waals surface area contributed by atoms with Crippen molar-refractivity contribution in [1.29, 1.82) is 0 Å². The first kappa shape index (κ1) is 20.2. The van der Waals surface area contributed by atoms with Crippen LogP contribution in [0.4, 0.5) is 4.39 Å². The van der Waals surface area contributed by atoms with Gasteiger partial charge in [-0.25, -0.2) is 9.37 Å². The summed E-state index contributed by atoms with van der Waals surface area (Å²) >= 11 is 6.41. The minimum absolute atomic E-state index is 0.277. The molecule has 2 aromatic carbocycles. The molecule has 148 valence electrons. The monoisotopic (exact) mass is 403 g/mol. The lowest BCUT2D eigenvalue weighted by atomic mass is 10.2. The van der Waals surface area contributed by atoms with Crippen molar-refractivity contribution >= 4 is 11.6 Å². The molecule has 0 saturated heterocycles. The van der Waals surface area contributed by atoms with E-state index in [1.54, 1.807) is 25.4 Å². The minimum Gasteiger partial charge on any atom is -0.493 e. The molecule has 0 unspecified atom stereocenters. The van der Waals surface area contributed by atoms with Crippen molar-refractivity contribution in [1.82, 2.24) is 14.9 Å². The minimum atomic E-state index is -0.277. The summed E-state index contributed by atoms with van der Waals surface area (Å²) in [6.07, 6.45) is 6.55. The van der Waals surface area contributed by atoms with E-state index in [1.807, 2.05) is 24.7 Å². The van der Waals surface area contributed by atoms with Gasteiger partial charge in [0.05, 0.1) is 18.5 Å². The lowest BCUT2D eigenvalue weighted by Crippen LogP contribution is -2.16. The summed E-state index contributed by atoms with van der Waals surface area (Å²) in [6, 6.07) is 9.94. The fraction of sp³-hybridized carbons (Fsp3) is 0.286. The normalized spacial score (nSPS) is 10.8. The summed E-state index contributed by atoms with van der Waals surface area (Å²) in [5.74, 6) is 0.781. The van der Waals surface area contributed by atoms with Gasteiger partial charge in [0.1, 0.15) is 12.4 Å². The van der Waals surface area contributed by atoms with Gasteiger partial charge in [-0.1, -0.05) is 23.7 Å². The summed E-state index contributed by atoms with van der Waals surface area (Å²) in [7, 11) is 1.58. The van der Waals surface area contributed by atoms with Gasteiger partial charge < -0.3 is 19.4 Å². The van der Waals surface area contributed by atoms with Crippen LogP contribution in [0, 0.1) is 5.82 Å². The van der Waals surface area contributed by atoms with E-state index in [0.717, 1.165) is 30.6 Å². The molecule has 0 amide bonds. The first-order chi connectivity index (χ1) is 13.7. The van der Waals surface area contributed by atoms with Gasteiger partial charge in [-0.15, -0.1) is 0 Å². The number of ether oxygens (including phenoxy) is 2. The molecular weight excluding hydrogens is 381 g/mol. The van der Waals surface area contributed by atoms with E-state index >= 15 is 0 Å². The average molecular weight is 404 g/mol. The van der Waals surface area contributed by atoms with Crippen LogP contribution in [0.3, 0.4) is 0 Å². The van der Waals surface area contributed by atoms with Gasteiger partial charge in [0, 0.05) is 25.5 Å². The zero-order valence-electron chi connectivity index (χ0n) is 15.7. The highest BCUT2D eigenvalue weighted by molar-refractivity contribution is 6.32. The van der Waals surface area contributed by atoms with Gasteiger partial charge in [-0.2, -0.15) is 0 Å². The fourth-order valence-electron chi connectivity index (χ4n) is 2.79. The summed E-state index contributed by atoms with van der Waals surface area (Å²) < 4.78 is 26.3. The van der Waals surface area contributed by atoms with E-state index in [2.05, 4.69) is 14.9 Å². The molecule has 3 aromatic rings. The highest BCUT2D eigenvalue weighted by Gasteiger charge is 2.12. The van der Waals surface area contributed by atoms with Crippen molar-refractivity contribution in [3.63, 3.8) is 0 Å². The van der Waals surface area contributed by atoms with E-state index in [0.29, 0.717) is 23.1 Å². The zero-order chi connectivity index (χ0) is 19.8. The van der Waals surface area contributed by atoms with Crippen LogP contribution >= 0.6 is 11.6 Å². The number of benzene rings is 2. The quantitative estimate of drug-likeness (QED) is 0.508. The number of nitrogens with one attached hydrogen (secondary N) is 1. The number of nitrogens with zero attached hydrogens (tertiary/aromatic N) is 2. The maximum atomic E-state index is 13.0. The van der Waals surface area contributed by atoms with Crippen molar-refractivity contribution < 1.29 is 13.9 Å². The van der Waals surface area contributed by atoms with Crippen LogP contribution in [0.2, 0.25) is 5.02 Å². The highest BCUT2D eigenvalue weighted by atomic mass is 35.5. The SMILES string of the molecule is COc1cc(CNCCCn2ccnc2)cc(Cl)c1OCc1ccc(F)cc1. The standard InChI is InChI=1S/C21H23ClFN3O2/c1-27-20-12-17(13-24-7-2-9-26-10-8-25-15-26)11-19(22)21(20)28-14-16-3-5-18(23)6-4-16/h3-6,8,10-12,15,24H,2,7,9,13-14H2,1H3. The molecule has 1 heterocycles. The predicted octanol–water partition coefficient (Wildman–Crippen LogP) is 4.44. The molecule has 28 heavy (non-hydrogen) atoms. The predicted molar refractivity (Wildman–Crippen MR) is 107 cm³/mol. The van der Waals surface area contributed by atoms with Crippen molar-refractivity contribution in [2.24, 2.45) is 0 Å². The summed E-state index contributed by atoms with van der Waals surface area (Å²) in [4.78, 5) is 4.03. The highest BCUT2D eigenvalue weighted by Crippen LogP contribution is 2.37. The average Bonchev–Trinajstić information content (AvgIpc) is 3.21. The van der Waals surface area contributed by atoms with Gasteiger partial charge in [0.2, 0.25) is 0 Å². The van der Waals surface area contributed by atoms with Crippen LogP contribution in [0.5, 0.6) is 11.5 Å². The second-order valence-corrected chi connectivity index (χ2v) is 6.76. The topological polar surface area (TPSA) is 48.3 Å². The lowest BCUT2D eigenvalue weighted by molar-refractivity contribution is 0.284. The maximum Gasteiger partial charge on any atom is 0.180 e.